The number of hydrogen-bond donors (Lipinski definition) is 0. The molecule has 29 heavy (non-hydrogen) atoms. The van der Waals surface area contributed by atoms with Gasteiger partial charge in [-0.15, -0.1) is 0 Å². The average molecular weight is 446 g/mol. The van der Waals surface area contributed by atoms with Crippen LogP contribution >= 0.6 is 23.2 Å². The van der Waals surface area contributed by atoms with E-state index in [4.69, 9.17) is 23.2 Å². The van der Waals surface area contributed by atoms with Crippen LogP contribution in [0.1, 0.15) is 54.2 Å². The van der Waals surface area contributed by atoms with Gasteiger partial charge < -0.3 is 4.90 Å². The van der Waals surface area contributed by atoms with E-state index in [0.29, 0.717) is 38.7 Å². The Kier molecular flexibility index (Phi) is 6.29. The van der Waals surface area contributed by atoms with E-state index in [1.54, 1.807) is 25.1 Å². The molecule has 4 nitrogen and oxygen atoms in total. The highest BCUT2D eigenvalue weighted by molar-refractivity contribution is 6.34. The topological polar surface area (TPSA) is 38.1 Å². The molecule has 0 spiro atoms. The van der Waals surface area contributed by atoms with Crippen LogP contribution in [0.25, 0.3) is 5.57 Å². The third-order valence-corrected chi connectivity index (χ3v) is 5.89. The summed E-state index contributed by atoms with van der Waals surface area (Å²) in [5.74, 6) is -1.92. The Labute approximate surface area is 176 Å². The minimum atomic E-state index is -3.08. The number of hydrogen-bond acceptors (Lipinski definition) is 2. The summed E-state index contributed by atoms with van der Waals surface area (Å²) in [7, 11) is 1.18. The Morgan fingerprint density at radius 3 is 2.55 bits per heavy atom. The molecular weight excluding hydrogens is 426 g/mol. The van der Waals surface area contributed by atoms with Crippen LogP contribution in [-0.2, 0) is 7.05 Å². The molecule has 156 valence electrons. The molecule has 0 radical (unpaired) electrons. The first-order chi connectivity index (χ1) is 13.6. The molecule has 0 aliphatic heterocycles. The van der Waals surface area contributed by atoms with Crippen molar-refractivity contribution in [2.24, 2.45) is 7.05 Å². The van der Waals surface area contributed by atoms with Gasteiger partial charge in [-0.25, -0.2) is 13.5 Å². The van der Waals surface area contributed by atoms with E-state index in [1.165, 1.54) is 11.9 Å². The smallest absolute Gasteiger partial charge is 0.283 e. The first-order valence-corrected chi connectivity index (χ1v) is 9.86. The molecule has 1 aromatic heterocycles. The average Bonchev–Trinajstić information content (AvgIpc) is 2.93. The number of alkyl halides is 2. The fraction of sp³-hybridized carbons (Fsp3) is 0.400. The Bertz CT molecular complexity index is 957. The van der Waals surface area contributed by atoms with E-state index in [2.05, 4.69) is 11.7 Å². The monoisotopic (exact) mass is 445 g/mol. The van der Waals surface area contributed by atoms with Crippen molar-refractivity contribution in [3.63, 3.8) is 0 Å². The molecule has 0 saturated heterocycles. The van der Waals surface area contributed by atoms with E-state index in [-0.39, 0.29) is 6.04 Å². The number of aryl methyl sites for hydroxylation is 1. The maximum absolute atomic E-state index is 14.5. The van der Waals surface area contributed by atoms with Crippen LogP contribution in [0.15, 0.2) is 24.8 Å². The molecule has 1 aromatic carbocycles. The number of aromatic nitrogens is 2. The van der Waals surface area contributed by atoms with Crippen molar-refractivity contribution in [2.45, 2.75) is 44.7 Å². The molecule has 9 heteroatoms. The maximum atomic E-state index is 14.5. The number of nitrogens with zero attached hydrogens (tertiary/aromatic N) is 3. The zero-order valence-corrected chi connectivity index (χ0v) is 17.4. The Hall–Kier alpha value is -1.99. The highest BCUT2D eigenvalue weighted by atomic mass is 35.5. The van der Waals surface area contributed by atoms with Crippen LogP contribution in [-0.4, -0.2) is 32.7 Å². The molecule has 1 aliphatic rings. The number of carbonyl (C=O) groups excluding carboxylic acids is 1. The first-order valence-electron chi connectivity index (χ1n) is 9.10. The molecule has 0 bridgehead atoms. The number of halogens is 5. The number of benzene rings is 1. The zero-order chi connectivity index (χ0) is 21.5. The number of rotatable bonds is 6. The maximum Gasteiger partial charge on any atom is 0.283 e. The van der Waals surface area contributed by atoms with Crippen molar-refractivity contribution in [3.8, 4) is 0 Å². The van der Waals surface area contributed by atoms with E-state index in [0.717, 1.165) is 6.42 Å². The van der Waals surface area contributed by atoms with Gasteiger partial charge in [-0.1, -0.05) is 29.8 Å². The van der Waals surface area contributed by atoms with Crippen LogP contribution in [0.5, 0.6) is 0 Å². The van der Waals surface area contributed by atoms with Crippen molar-refractivity contribution in [3.05, 3.63) is 57.6 Å². The summed E-state index contributed by atoms with van der Waals surface area (Å²) in [6.45, 7) is 5.76. The van der Waals surface area contributed by atoms with Crippen molar-refractivity contribution >= 4 is 34.7 Å². The molecule has 1 aliphatic carbocycles. The molecule has 1 amide bonds. The molecule has 1 heterocycles. The fourth-order valence-electron chi connectivity index (χ4n) is 3.46. The van der Waals surface area contributed by atoms with Crippen LogP contribution in [0.3, 0.4) is 0 Å². The Balaban J connectivity index is 2.02. The third-order valence-electron chi connectivity index (χ3n) is 5.32. The quantitative estimate of drug-likeness (QED) is 0.554. The zero-order valence-electron chi connectivity index (χ0n) is 15.9. The van der Waals surface area contributed by atoms with Gasteiger partial charge in [0.2, 0.25) is 5.95 Å². The highest BCUT2D eigenvalue weighted by Gasteiger charge is 2.39. The number of amides is 1. The van der Waals surface area contributed by atoms with Crippen LogP contribution in [0, 0.1) is 5.95 Å². The lowest BCUT2D eigenvalue weighted by Crippen LogP contribution is -2.49. The minimum absolute atomic E-state index is 0.211. The lowest BCUT2D eigenvalue weighted by Gasteiger charge is -2.42. The van der Waals surface area contributed by atoms with Gasteiger partial charge in [0.25, 0.3) is 12.3 Å². The van der Waals surface area contributed by atoms with Crippen LogP contribution in [0.4, 0.5) is 13.2 Å². The van der Waals surface area contributed by atoms with Crippen LogP contribution < -0.4 is 0 Å². The molecule has 1 saturated carbocycles. The van der Waals surface area contributed by atoms with E-state index in [1.807, 2.05) is 0 Å². The van der Waals surface area contributed by atoms with E-state index in [9.17, 15) is 18.0 Å². The third kappa shape index (κ3) is 4.03. The minimum Gasteiger partial charge on any atom is -0.329 e. The summed E-state index contributed by atoms with van der Waals surface area (Å²) in [6.07, 6.45) is -0.798. The van der Waals surface area contributed by atoms with Gasteiger partial charge in [-0.05, 0) is 55.5 Å². The van der Waals surface area contributed by atoms with Crippen molar-refractivity contribution < 1.29 is 18.0 Å². The summed E-state index contributed by atoms with van der Waals surface area (Å²) < 4.78 is 42.0. The second-order valence-electron chi connectivity index (χ2n) is 7.10. The predicted molar refractivity (Wildman–Crippen MR) is 107 cm³/mol. The molecule has 0 N–H and O–H groups in total. The largest absolute Gasteiger partial charge is 0.329 e. The fourth-order valence-corrected chi connectivity index (χ4v) is 3.87. The summed E-state index contributed by atoms with van der Waals surface area (Å²) in [5.41, 5.74) is -0.533. The van der Waals surface area contributed by atoms with Gasteiger partial charge in [-0.3, -0.25) is 4.79 Å². The van der Waals surface area contributed by atoms with Gasteiger partial charge in [0.15, 0.2) is 0 Å². The molecule has 3 rings (SSSR count). The Morgan fingerprint density at radius 1 is 1.34 bits per heavy atom. The summed E-state index contributed by atoms with van der Waals surface area (Å²) >= 11 is 12.3. The predicted octanol–water partition coefficient (Wildman–Crippen LogP) is 5.90. The highest BCUT2D eigenvalue weighted by Crippen LogP contribution is 2.36. The second kappa shape index (κ2) is 8.40. The Morgan fingerprint density at radius 2 is 2.00 bits per heavy atom. The summed E-state index contributed by atoms with van der Waals surface area (Å²) in [6, 6.07) is 4.04. The summed E-state index contributed by atoms with van der Waals surface area (Å²) in [5, 5.41) is 4.33. The summed E-state index contributed by atoms with van der Waals surface area (Å²) in [4.78, 5) is 14.7. The van der Waals surface area contributed by atoms with Crippen molar-refractivity contribution in [1.29, 1.82) is 0 Å². The molecule has 1 atom stereocenters. The van der Waals surface area contributed by atoms with Gasteiger partial charge in [0.1, 0.15) is 11.3 Å². The van der Waals surface area contributed by atoms with Crippen LogP contribution in [0.2, 0.25) is 10.0 Å². The second-order valence-corrected chi connectivity index (χ2v) is 7.94. The molecule has 1 unspecified atom stereocenters. The standard InChI is InChI=1S/C20H20Cl2F3N3O/c1-10(14-9-12(21)7-8-15(14)22)11(2)28(13-5-4-6-13)20(29)16-17(18(23)24)26-27(3)19(16)25/h7-9,11,13,18H,1,4-6H2,2-3H3. The van der Waals surface area contributed by atoms with Crippen molar-refractivity contribution in [2.75, 3.05) is 0 Å². The normalized spacial score (nSPS) is 15.3. The van der Waals surface area contributed by atoms with Gasteiger partial charge >= 0.3 is 0 Å². The lowest BCUT2D eigenvalue weighted by molar-refractivity contribution is 0.0517. The van der Waals surface area contributed by atoms with E-state index >= 15 is 0 Å². The SMILES string of the molecule is C=C(c1cc(Cl)ccc1Cl)C(C)N(C(=O)c1c(C(F)F)nn(C)c1F)C1CCC1. The molecule has 2 aromatic rings. The van der Waals surface area contributed by atoms with Gasteiger partial charge in [0.05, 0.1) is 6.04 Å². The molecule has 1 fully saturated rings. The van der Waals surface area contributed by atoms with Gasteiger partial charge in [-0.2, -0.15) is 9.49 Å². The number of carbonyl (C=O) groups is 1. The molecular formula is C20H20Cl2F3N3O. The van der Waals surface area contributed by atoms with E-state index < -0.39 is 35.6 Å². The lowest BCUT2D eigenvalue weighted by atomic mass is 9.88. The van der Waals surface area contributed by atoms with Crippen molar-refractivity contribution in [1.82, 2.24) is 14.7 Å². The van der Waals surface area contributed by atoms with Gasteiger partial charge in [0, 0.05) is 23.1 Å². The first kappa shape index (κ1) is 21.7.